The zero-order valence-corrected chi connectivity index (χ0v) is 21.9. The Kier molecular flexibility index (Phi) is 7.48. The van der Waals surface area contributed by atoms with Crippen LogP contribution in [-0.4, -0.2) is 79.7 Å². The summed E-state index contributed by atoms with van der Waals surface area (Å²) < 4.78 is 6.29. The number of ether oxygens (including phenoxy) is 1. The number of carbonyl (C=O) groups excluding carboxylic acids is 1. The highest BCUT2D eigenvalue weighted by Crippen LogP contribution is 2.38. The summed E-state index contributed by atoms with van der Waals surface area (Å²) in [6.45, 7) is 8.76. The van der Waals surface area contributed by atoms with Crippen molar-refractivity contribution >= 4 is 17.3 Å². The monoisotopic (exact) mass is 511 g/mol. The van der Waals surface area contributed by atoms with Crippen molar-refractivity contribution in [2.75, 3.05) is 62.7 Å². The first kappa shape index (κ1) is 25.6. The van der Waals surface area contributed by atoms with Gasteiger partial charge >= 0.3 is 0 Å². The Morgan fingerprint density at radius 3 is 2.61 bits per heavy atom. The van der Waals surface area contributed by atoms with Crippen molar-refractivity contribution in [1.29, 1.82) is 10.5 Å². The van der Waals surface area contributed by atoms with E-state index in [4.69, 9.17) is 9.72 Å². The quantitative estimate of drug-likeness (QED) is 0.546. The first-order chi connectivity index (χ1) is 18.5. The van der Waals surface area contributed by atoms with Crippen molar-refractivity contribution in [3.63, 3.8) is 0 Å². The first-order valence-electron chi connectivity index (χ1n) is 13.2. The Morgan fingerprint density at radius 2 is 1.92 bits per heavy atom. The minimum Gasteiger partial charge on any atom is -0.475 e. The van der Waals surface area contributed by atoms with Gasteiger partial charge in [-0.1, -0.05) is 18.7 Å². The SMILES string of the molecule is C=CC(=O)N1CCN(c2c(C#N)c(OCC3CCCN3C)nc3c2CCN(c2ccccc2C#N)C3)CC1. The maximum Gasteiger partial charge on any atom is 0.246 e. The maximum absolute atomic E-state index is 12.2. The number of rotatable bonds is 6. The zero-order chi connectivity index (χ0) is 26.6. The van der Waals surface area contributed by atoms with Crippen LogP contribution < -0.4 is 14.5 Å². The molecule has 0 radical (unpaired) electrons. The molecule has 2 aromatic rings. The van der Waals surface area contributed by atoms with Gasteiger partial charge in [0.15, 0.2) is 0 Å². The standard InChI is InChI=1S/C29H33N7O2/c1-3-27(37)34-13-15-35(16-14-34)28-23-10-12-36(26-9-5-4-7-21(26)17-30)19-25(23)32-29(24(28)18-31)38-20-22-8-6-11-33(22)2/h3-5,7,9,22H,1,6,8,10-16,19-20H2,2H3. The fraction of sp³-hybridized carbons (Fsp3) is 0.448. The molecule has 1 aromatic heterocycles. The predicted molar refractivity (Wildman–Crippen MR) is 145 cm³/mol. The van der Waals surface area contributed by atoms with E-state index in [-0.39, 0.29) is 5.91 Å². The molecule has 196 valence electrons. The number of likely N-dealkylation sites (N-methyl/N-ethyl adjacent to an activating group) is 1. The normalized spacial score (nSPS) is 19.4. The molecule has 9 heteroatoms. The van der Waals surface area contributed by atoms with Crippen molar-refractivity contribution in [2.24, 2.45) is 0 Å². The minimum absolute atomic E-state index is 0.0709. The second kappa shape index (κ2) is 11.1. The molecule has 2 saturated heterocycles. The van der Waals surface area contributed by atoms with E-state index < -0.39 is 0 Å². The van der Waals surface area contributed by atoms with Crippen LogP contribution in [0.15, 0.2) is 36.9 Å². The van der Waals surface area contributed by atoms with E-state index in [9.17, 15) is 15.3 Å². The van der Waals surface area contributed by atoms with Crippen molar-refractivity contribution in [3.8, 4) is 18.0 Å². The van der Waals surface area contributed by atoms with E-state index in [1.54, 1.807) is 4.90 Å². The largest absolute Gasteiger partial charge is 0.475 e. The molecule has 2 fully saturated rings. The van der Waals surface area contributed by atoms with Crippen molar-refractivity contribution in [1.82, 2.24) is 14.8 Å². The Hall–Kier alpha value is -4.08. The highest BCUT2D eigenvalue weighted by atomic mass is 16.5. The Labute approximate surface area is 224 Å². The minimum atomic E-state index is -0.0709. The molecule has 1 unspecified atom stereocenters. The molecule has 38 heavy (non-hydrogen) atoms. The summed E-state index contributed by atoms with van der Waals surface area (Å²) in [5.74, 6) is 0.306. The van der Waals surface area contributed by atoms with Crippen LogP contribution in [0.25, 0.3) is 0 Å². The van der Waals surface area contributed by atoms with Crippen LogP contribution in [0.3, 0.4) is 0 Å². The molecular formula is C29H33N7O2. The van der Waals surface area contributed by atoms with E-state index in [1.807, 2.05) is 24.3 Å². The summed E-state index contributed by atoms with van der Waals surface area (Å²) in [4.78, 5) is 25.5. The van der Waals surface area contributed by atoms with Gasteiger partial charge in [0, 0.05) is 44.3 Å². The number of piperazine rings is 1. The van der Waals surface area contributed by atoms with Gasteiger partial charge in [0.2, 0.25) is 11.8 Å². The fourth-order valence-electron chi connectivity index (χ4n) is 5.78. The van der Waals surface area contributed by atoms with Gasteiger partial charge < -0.3 is 24.3 Å². The second-order valence-electron chi connectivity index (χ2n) is 10.1. The summed E-state index contributed by atoms with van der Waals surface area (Å²) in [5.41, 5.74) is 4.80. The molecule has 9 nitrogen and oxygen atoms in total. The average molecular weight is 512 g/mol. The van der Waals surface area contributed by atoms with Gasteiger partial charge in [-0.05, 0) is 51.1 Å². The third-order valence-electron chi connectivity index (χ3n) is 7.94. The maximum atomic E-state index is 12.2. The molecule has 5 rings (SSSR count). The van der Waals surface area contributed by atoms with Gasteiger partial charge in [-0.3, -0.25) is 4.79 Å². The lowest BCUT2D eigenvalue weighted by atomic mass is 9.97. The molecule has 0 saturated carbocycles. The van der Waals surface area contributed by atoms with Crippen LogP contribution >= 0.6 is 0 Å². The topological polar surface area (TPSA) is 99.7 Å². The van der Waals surface area contributed by atoms with E-state index in [1.165, 1.54) is 6.08 Å². The van der Waals surface area contributed by atoms with Gasteiger partial charge in [-0.2, -0.15) is 10.5 Å². The smallest absolute Gasteiger partial charge is 0.246 e. The Balaban J connectivity index is 1.50. The lowest BCUT2D eigenvalue weighted by Crippen LogP contribution is -2.49. The Bertz CT molecular complexity index is 1300. The Morgan fingerprint density at radius 1 is 1.13 bits per heavy atom. The number of hydrogen-bond donors (Lipinski definition) is 0. The number of para-hydroxylation sites is 1. The fourth-order valence-corrected chi connectivity index (χ4v) is 5.78. The van der Waals surface area contributed by atoms with Crippen LogP contribution in [0.2, 0.25) is 0 Å². The number of amides is 1. The van der Waals surface area contributed by atoms with Gasteiger partial charge in [-0.15, -0.1) is 0 Å². The number of hydrogen-bond acceptors (Lipinski definition) is 8. The summed E-state index contributed by atoms with van der Waals surface area (Å²) in [6, 6.07) is 12.6. The summed E-state index contributed by atoms with van der Waals surface area (Å²) >= 11 is 0. The second-order valence-corrected chi connectivity index (χ2v) is 10.1. The number of anilines is 2. The number of aromatic nitrogens is 1. The molecule has 1 atom stereocenters. The third kappa shape index (κ3) is 4.90. The number of benzene rings is 1. The van der Waals surface area contributed by atoms with Crippen LogP contribution in [0, 0.1) is 22.7 Å². The van der Waals surface area contributed by atoms with Gasteiger partial charge in [0.25, 0.3) is 0 Å². The number of nitrogens with zero attached hydrogens (tertiary/aromatic N) is 7. The lowest BCUT2D eigenvalue weighted by Gasteiger charge is -2.39. The molecule has 0 N–H and O–H groups in total. The van der Waals surface area contributed by atoms with Crippen molar-refractivity contribution < 1.29 is 9.53 Å². The van der Waals surface area contributed by atoms with Crippen LogP contribution in [0.4, 0.5) is 11.4 Å². The number of nitriles is 2. The van der Waals surface area contributed by atoms with Crippen molar-refractivity contribution in [3.05, 3.63) is 59.3 Å². The molecule has 0 aliphatic carbocycles. The number of likely N-dealkylation sites (tertiary alicyclic amines) is 1. The van der Waals surface area contributed by atoms with E-state index in [2.05, 4.69) is 40.5 Å². The van der Waals surface area contributed by atoms with Crippen molar-refractivity contribution in [2.45, 2.75) is 31.8 Å². The van der Waals surface area contributed by atoms with Gasteiger partial charge in [0.05, 0.1) is 29.2 Å². The van der Waals surface area contributed by atoms with Crippen LogP contribution in [0.5, 0.6) is 5.88 Å². The number of pyridine rings is 1. The number of fused-ring (bicyclic) bond motifs is 1. The van der Waals surface area contributed by atoms with E-state index in [0.717, 1.165) is 42.0 Å². The summed E-state index contributed by atoms with van der Waals surface area (Å²) in [7, 11) is 2.10. The highest BCUT2D eigenvalue weighted by Gasteiger charge is 2.32. The first-order valence-corrected chi connectivity index (χ1v) is 13.2. The number of carbonyl (C=O) groups is 1. The van der Waals surface area contributed by atoms with E-state index in [0.29, 0.717) is 75.3 Å². The average Bonchev–Trinajstić information content (AvgIpc) is 3.38. The molecule has 1 aromatic carbocycles. The third-order valence-corrected chi connectivity index (χ3v) is 7.94. The molecule has 3 aliphatic rings. The van der Waals surface area contributed by atoms with E-state index >= 15 is 0 Å². The highest BCUT2D eigenvalue weighted by molar-refractivity contribution is 5.87. The van der Waals surface area contributed by atoms with Gasteiger partial charge in [0.1, 0.15) is 24.3 Å². The van der Waals surface area contributed by atoms with Gasteiger partial charge in [-0.25, -0.2) is 4.98 Å². The molecule has 0 spiro atoms. The zero-order valence-electron chi connectivity index (χ0n) is 21.9. The van der Waals surface area contributed by atoms with Crippen LogP contribution in [-0.2, 0) is 17.8 Å². The molecular weight excluding hydrogens is 478 g/mol. The van der Waals surface area contributed by atoms with Crippen LogP contribution in [0.1, 0.15) is 35.2 Å². The molecule has 3 aliphatic heterocycles. The molecule has 1 amide bonds. The summed E-state index contributed by atoms with van der Waals surface area (Å²) in [5, 5.41) is 20.0. The summed E-state index contributed by atoms with van der Waals surface area (Å²) in [6.07, 6.45) is 4.25. The molecule has 4 heterocycles. The predicted octanol–water partition coefficient (Wildman–Crippen LogP) is 2.70. The lowest BCUT2D eigenvalue weighted by molar-refractivity contribution is -0.126. The molecule has 0 bridgehead atoms.